The van der Waals surface area contributed by atoms with E-state index < -0.39 is 0 Å². The van der Waals surface area contributed by atoms with Gasteiger partial charge in [-0.25, -0.2) is 0 Å². The largest absolute Gasteiger partial charge is 0.342 e. The topological polar surface area (TPSA) is 64.4 Å². The van der Waals surface area contributed by atoms with Crippen LogP contribution in [0.5, 0.6) is 0 Å². The van der Waals surface area contributed by atoms with Crippen molar-refractivity contribution in [2.45, 2.75) is 32.6 Å². The minimum atomic E-state index is -0.0637. The normalized spacial score (nSPS) is 24.1. The van der Waals surface area contributed by atoms with Crippen molar-refractivity contribution in [3.63, 3.8) is 0 Å². The van der Waals surface area contributed by atoms with E-state index in [0.717, 1.165) is 38.9 Å². The molecular formula is C19H23N3O2. The van der Waals surface area contributed by atoms with E-state index in [1.165, 1.54) is 0 Å². The highest BCUT2D eigenvalue weighted by Crippen LogP contribution is 2.39. The summed E-state index contributed by atoms with van der Waals surface area (Å²) in [7, 11) is 0. The molecule has 1 aromatic carbocycles. The molecule has 0 aromatic heterocycles. The molecule has 3 rings (SSSR count). The van der Waals surface area contributed by atoms with Crippen LogP contribution in [-0.2, 0) is 4.79 Å². The van der Waals surface area contributed by atoms with E-state index in [2.05, 4.69) is 6.07 Å². The Kier molecular flexibility index (Phi) is 4.57. The summed E-state index contributed by atoms with van der Waals surface area (Å²) in [6.07, 6.45) is 3.43. The van der Waals surface area contributed by atoms with Gasteiger partial charge in [0.05, 0.1) is 17.2 Å². The van der Waals surface area contributed by atoms with Gasteiger partial charge in [-0.2, -0.15) is 5.26 Å². The zero-order chi connectivity index (χ0) is 17.2. The predicted molar refractivity (Wildman–Crippen MR) is 90.2 cm³/mol. The zero-order valence-electron chi connectivity index (χ0n) is 14.1. The third-order valence-electron chi connectivity index (χ3n) is 5.36. The lowest BCUT2D eigenvalue weighted by molar-refractivity contribution is -0.138. The summed E-state index contributed by atoms with van der Waals surface area (Å²) in [6.45, 7) is 4.87. The van der Waals surface area contributed by atoms with Gasteiger partial charge in [0, 0.05) is 38.0 Å². The fraction of sp³-hybridized carbons (Fsp3) is 0.526. The maximum absolute atomic E-state index is 12.9. The first-order valence-corrected chi connectivity index (χ1v) is 8.65. The number of hydrogen-bond donors (Lipinski definition) is 0. The highest BCUT2D eigenvalue weighted by molar-refractivity contribution is 5.96. The Morgan fingerprint density at radius 1 is 1.29 bits per heavy atom. The Bertz CT molecular complexity index is 694. The molecule has 1 aromatic rings. The van der Waals surface area contributed by atoms with E-state index in [0.29, 0.717) is 24.1 Å². The van der Waals surface area contributed by atoms with Crippen LogP contribution in [0, 0.1) is 16.7 Å². The second kappa shape index (κ2) is 6.64. The Morgan fingerprint density at radius 2 is 2.08 bits per heavy atom. The second-order valence-electron chi connectivity index (χ2n) is 6.90. The first kappa shape index (κ1) is 16.5. The van der Waals surface area contributed by atoms with Crippen molar-refractivity contribution in [2.24, 2.45) is 5.41 Å². The minimum Gasteiger partial charge on any atom is -0.342 e. The Balaban J connectivity index is 1.80. The third kappa shape index (κ3) is 3.01. The van der Waals surface area contributed by atoms with Crippen molar-refractivity contribution in [1.29, 1.82) is 5.26 Å². The van der Waals surface area contributed by atoms with Crippen LogP contribution in [-0.4, -0.2) is 47.8 Å². The summed E-state index contributed by atoms with van der Waals surface area (Å²) in [6, 6.07) is 9.10. The van der Waals surface area contributed by atoms with Crippen LogP contribution < -0.4 is 0 Å². The van der Waals surface area contributed by atoms with Crippen LogP contribution in [0.3, 0.4) is 0 Å². The molecule has 24 heavy (non-hydrogen) atoms. The van der Waals surface area contributed by atoms with Crippen molar-refractivity contribution in [3.05, 3.63) is 35.4 Å². The first-order chi connectivity index (χ1) is 11.6. The molecule has 2 saturated heterocycles. The highest BCUT2D eigenvalue weighted by atomic mass is 16.2. The zero-order valence-corrected chi connectivity index (χ0v) is 14.1. The molecule has 126 valence electrons. The maximum Gasteiger partial charge on any atom is 0.255 e. The average Bonchev–Trinajstić information content (AvgIpc) is 2.63. The summed E-state index contributed by atoms with van der Waals surface area (Å²) in [5.41, 5.74) is 0.923. The number of piperidine rings is 2. The molecule has 1 atom stereocenters. The fourth-order valence-electron chi connectivity index (χ4n) is 4.04. The van der Waals surface area contributed by atoms with Crippen molar-refractivity contribution < 1.29 is 9.59 Å². The van der Waals surface area contributed by atoms with Crippen molar-refractivity contribution in [3.8, 4) is 6.07 Å². The minimum absolute atomic E-state index is 0.0133. The molecule has 2 heterocycles. The number of likely N-dealkylation sites (tertiary alicyclic amines) is 2. The maximum atomic E-state index is 12.9. The van der Waals surface area contributed by atoms with E-state index in [9.17, 15) is 14.9 Å². The molecule has 2 aliphatic heterocycles. The number of rotatable bonds is 2. The van der Waals surface area contributed by atoms with Crippen molar-refractivity contribution in [1.82, 2.24) is 9.80 Å². The van der Waals surface area contributed by atoms with E-state index >= 15 is 0 Å². The third-order valence-corrected chi connectivity index (χ3v) is 5.36. The lowest BCUT2D eigenvalue weighted by Gasteiger charge is -2.48. The standard InChI is InChI=1S/C19H23N3O2/c1-2-21-13-19(10-8-17(21)23)9-5-11-22(14-19)18(24)16-7-4-3-6-15(16)12-20/h3-4,6-7H,2,5,8-11,13-14H2,1H3/t19-/m1/s1. The van der Waals surface area contributed by atoms with Gasteiger partial charge < -0.3 is 9.80 Å². The molecule has 2 aliphatic rings. The van der Waals surface area contributed by atoms with Crippen LogP contribution >= 0.6 is 0 Å². The number of carbonyl (C=O) groups excluding carboxylic acids is 2. The monoisotopic (exact) mass is 325 g/mol. The Labute approximate surface area is 142 Å². The van der Waals surface area contributed by atoms with Crippen LogP contribution in [0.2, 0.25) is 0 Å². The van der Waals surface area contributed by atoms with Gasteiger partial charge in [0.2, 0.25) is 5.91 Å². The number of nitrogens with zero attached hydrogens (tertiary/aromatic N) is 3. The first-order valence-electron chi connectivity index (χ1n) is 8.65. The van der Waals surface area contributed by atoms with Crippen LogP contribution in [0.25, 0.3) is 0 Å². The van der Waals surface area contributed by atoms with E-state index in [1.54, 1.807) is 24.3 Å². The van der Waals surface area contributed by atoms with Crippen LogP contribution in [0.4, 0.5) is 0 Å². The predicted octanol–water partition coefficient (Wildman–Crippen LogP) is 2.42. The van der Waals surface area contributed by atoms with Crippen LogP contribution in [0.15, 0.2) is 24.3 Å². The molecule has 2 amide bonds. The van der Waals surface area contributed by atoms with Gasteiger partial charge in [-0.1, -0.05) is 12.1 Å². The SMILES string of the molecule is CCN1C[C@@]2(CCCN(C(=O)c3ccccc3C#N)C2)CCC1=O. The summed E-state index contributed by atoms with van der Waals surface area (Å²) in [4.78, 5) is 28.7. The van der Waals surface area contributed by atoms with Crippen molar-refractivity contribution >= 4 is 11.8 Å². The molecule has 5 nitrogen and oxygen atoms in total. The van der Waals surface area contributed by atoms with Gasteiger partial charge in [0.15, 0.2) is 0 Å². The van der Waals surface area contributed by atoms with Crippen LogP contribution in [0.1, 0.15) is 48.5 Å². The molecule has 0 N–H and O–H groups in total. The lowest BCUT2D eigenvalue weighted by atomic mass is 9.73. The van der Waals surface area contributed by atoms with Gasteiger partial charge in [0.25, 0.3) is 5.91 Å². The molecule has 0 unspecified atom stereocenters. The van der Waals surface area contributed by atoms with E-state index in [1.807, 2.05) is 16.7 Å². The summed E-state index contributed by atoms with van der Waals surface area (Å²) in [5, 5.41) is 9.24. The van der Waals surface area contributed by atoms with E-state index in [-0.39, 0.29) is 17.2 Å². The molecule has 1 spiro atoms. The Hall–Kier alpha value is -2.35. The summed E-state index contributed by atoms with van der Waals surface area (Å²) < 4.78 is 0. The molecule has 0 saturated carbocycles. The highest BCUT2D eigenvalue weighted by Gasteiger charge is 2.42. The van der Waals surface area contributed by atoms with E-state index in [4.69, 9.17) is 0 Å². The molecule has 0 bridgehead atoms. The summed E-state index contributed by atoms with van der Waals surface area (Å²) >= 11 is 0. The van der Waals surface area contributed by atoms with Gasteiger partial charge in [0.1, 0.15) is 0 Å². The molecule has 0 aliphatic carbocycles. The van der Waals surface area contributed by atoms with Gasteiger partial charge in [-0.15, -0.1) is 0 Å². The van der Waals surface area contributed by atoms with Gasteiger partial charge >= 0.3 is 0 Å². The van der Waals surface area contributed by atoms with Gasteiger partial charge in [-0.3, -0.25) is 9.59 Å². The number of carbonyl (C=O) groups is 2. The number of amides is 2. The Morgan fingerprint density at radius 3 is 2.83 bits per heavy atom. The molecule has 2 fully saturated rings. The average molecular weight is 325 g/mol. The number of benzene rings is 1. The van der Waals surface area contributed by atoms with Crippen molar-refractivity contribution in [2.75, 3.05) is 26.2 Å². The molecular weight excluding hydrogens is 302 g/mol. The molecule has 0 radical (unpaired) electrons. The summed E-state index contributed by atoms with van der Waals surface area (Å²) in [5.74, 6) is 0.160. The quantitative estimate of drug-likeness (QED) is 0.839. The smallest absolute Gasteiger partial charge is 0.255 e. The number of hydrogen-bond acceptors (Lipinski definition) is 3. The number of nitriles is 1. The second-order valence-corrected chi connectivity index (χ2v) is 6.90. The van der Waals surface area contributed by atoms with Gasteiger partial charge in [-0.05, 0) is 38.3 Å². The molecule has 5 heteroatoms. The lowest BCUT2D eigenvalue weighted by Crippen LogP contribution is -2.55. The fourth-order valence-corrected chi connectivity index (χ4v) is 4.04.